The van der Waals surface area contributed by atoms with Crippen molar-refractivity contribution in [3.63, 3.8) is 0 Å². The van der Waals surface area contributed by atoms with Crippen molar-refractivity contribution in [2.45, 2.75) is 44.4 Å². The van der Waals surface area contributed by atoms with Crippen LogP contribution in [0.4, 0.5) is 5.69 Å². The number of nitrogens with one attached hydrogen (secondary N) is 1. The van der Waals surface area contributed by atoms with E-state index in [0.29, 0.717) is 5.02 Å². The first-order chi connectivity index (χ1) is 15.8. The highest BCUT2D eigenvalue weighted by atomic mass is 35.5. The molecule has 0 saturated heterocycles. The van der Waals surface area contributed by atoms with Crippen LogP contribution >= 0.6 is 11.6 Å². The van der Waals surface area contributed by atoms with E-state index in [4.69, 9.17) is 21.3 Å². The summed E-state index contributed by atoms with van der Waals surface area (Å²) in [6, 6.07) is 25.6. The standard InChI is InChI=1S/C28H27ClN2O2/c1-28(2,3)33-27(32)26-22-20-11-7-8-12-21(20)30-24(18-13-15-19(29)16-14-18)23(22)25(31-26)17-9-5-4-6-10-17/h4-16,22-24,26,30H,1-3H3. The van der Waals surface area contributed by atoms with Gasteiger partial charge in [0.1, 0.15) is 5.60 Å². The molecule has 4 atom stereocenters. The third kappa shape index (κ3) is 4.16. The minimum Gasteiger partial charge on any atom is -0.458 e. The molecule has 0 amide bonds. The quantitative estimate of drug-likeness (QED) is 0.461. The molecule has 4 nitrogen and oxygen atoms in total. The molecule has 2 aliphatic rings. The topological polar surface area (TPSA) is 50.7 Å². The number of aliphatic imine (C=N–C) groups is 1. The van der Waals surface area contributed by atoms with Crippen LogP contribution in [0.1, 0.15) is 49.4 Å². The molecule has 0 aromatic heterocycles. The van der Waals surface area contributed by atoms with Crippen LogP contribution in [0.15, 0.2) is 83.9 Å². The zero-order valence-electron chi connectivity index (χ0n) is 19.0. The van der Waals surface area contributed by atoms with Crippen molar-refractivity contribution in [2.24, 2.45) is 10.9 Å². The lowest BCUT2D eigenvalue weighted by atomic mass is 9.71. The van der Waals surface area contributed by atoms with E-state index in [1.165, 1.54) is 0 Å². The Bertz CT molecular complexity index is 1200. The molecule has 33 heavy (non-hydrogen) atoms. The molecule has 5 rings (SSSR count). The van der Waals surface area contributed by atoms with E-state index >= 15 is 0 Å². The van der Waals surface area contributed by atoms with Gasteiger partial charge in [-0.3, -0.25) is 4.99 Å². The molecule has 0 fully saturated rings. The number of para-hydroxylation sites is 1. The van der Waals surface area contributed by atoms with E-state index in [1.807, 2.05) is 63.2 Å². The van der Waals surface area contributed by atoms with Gasteiger partial charge in [-0.2, -0.15) is 0 Å². The Kier molecular flexibility index (Phi) is 5.49. The molecule has 0 aliphatic carbocycles. The molecule has 4 unspecified atom stereocenters. The van der Waals surface area contributed by atoms with Gasteiger partial charge in [-0.15, -0.1) is 0 Å². The summed E-state index contributed by atoms with van der Waals surface area (Å²) < 4.78 is 5.84. The Labute approximate surface area is 199 Å². The van der Waals surface area contributed by atoms with Gasteiger partial charge in [0.2, 0.25) is 0 Å². The molecular formula is C28H27ClN2O2. The van der Waals surface area contributed by atoms with Crippen molar-refractivity contribution in [1.29, 1.82) is 0 Å². The molecule has 5 heteroatoms. The van der Waals surface area contributed by atoms with Crippen molar-refractivity contribution in [2.75, 3.05) is 5.32 Å². The molecular weight excluding hydrogens is 432 g/mol. The number of ether oxygens (including phenoxy) is 1. The van der Waals surface area contributed by atoms with Crippen molar-refractivity contribution >= 4 is 29.0 Å². The second-order valence-corrected chi connectivity index (χ2v) is 10.1. The molecule has 3 aromatic carbocycles. The molecule has 0 radical (unpaired) electrons. The number of fused-ring (bicyclic) bond motifs is 3. The highest BCUT2D eigenvalue weighted by molar-refractivity contribution is 6.30. The number of hydrogen-bond donors (Lipinski definition) is 1. The smallest absolute Gasteiger partial charge is 0.332 e. The largest absolute Gasteiger partial charge is 0.458 e. The summed E-state index contributed by atoms with van der Waals surface area (Å²) in [6.45, 7) is 5.68. The maximum atomic E-state index is 13.4. The summed E-state index contributed by atoms with van der Waals surface area (Å²) in [7, 11) is 0. The number of benzene rings is 3. The monoisotopic (exact) mass is 458 g/mol. The average molecular weight is 459 g/mol. The summed E-state index contributed by atoms with van der Waals surface area (Å²) in [5.41, 5.74) is 4.60. The maximum absolute atomic E-state index is 13.4. The Morgan fingerprint density at radius 2 is 1.58 bits per heavy atom. The predicted molar refractivity (Wildman–Crippen MR) is 133 cm³/mol. The first-order valence-corrected chi connectivity index (χ1v) is 11.7. The van der Waals surface area contributed by atoms with Gasteiger partial charge >= 0.3 is 5.97 Å². The van der Waals surface area contributed by atoms with E-state index in [2.05, 4.69) is 41.7 Å². The van der Waals surface area contributed by atoms with Crippen molar-refractivity contribution in [3.8, 4) is 0 Å². The minimum atomic E-state index is -0.609. The fraction of sp³-hybridized carbons (Fsp3) is 0.286. The van der Waals surface area contributed by atoms with Gasteiger partial charge in [0.15, 0.2) is 6.04 Å². The van der Waals surface area contributed by atoms with Gasteiger partial charge in [0, 0.05) is 28.3 Å². The molecule has 0 saturated carbocycles. The molecule has 2 heterocycles. The van der Waals surface area contributed by atoms with Crippen LogP contribution in [0.2, 0.25) is 5.02 Å². The first-order valence-electron chi connectivity index (χ1n) is 11.3. The number of nitrogens with zero attached hydrogens (tertiary/aromatic N) is 1. The van der Waals surface area contributed by atoms with E-state index in [1.54, 1.807) is 0 Å². The van der Waals surface area contributed by atoms with Crippen LogP contribution in [0.3, 0.4) is 0 Å². The number of carbonyl (C=O) groups is 1. The van der Waals surface area contributed by atoms with Crippen LogP contribution in [0.5, 0.6) is 0 Å². The SMILES string of the molecule is CC(C)(C)OC(=O)C1N=C(c2ccccc2)C2C(c3ccc(Cl)cc3)Nc3ccccc3C12. The fourth-order valence-electron chi connectivity index (χ4n) is 4.99. The maximum Gasteiger partial charge on any atom is 0.332 e. The number of hydrogen-bond acceptors (Lipinski definition) is 4. The number of rotatable bonds is 3. The second kappa shape index (κ2) is 8.35. The lowest BCUT2D eigenvalue weighted by Crippen LogP contribution is -2.40. The normalized spacial score (nSPS) is 23.7. The molecule has 1 N–H and O–H groups in total. The zero-order valence-corrected chi connectivity index (χ0v) is 19.7. The highest BCUT2D eigenvalue weighted by Crippen LogP contribution is 2.52. The third-order valence-electron chi connectivity index (χ3n) is 6.26. The number of halogens is 1. The number of anilines is 1. The highest BCUT2D eigenvalue weighted by Gasteiger charge is 2.51. The minimum absolute atomic E-state index is 0.0407. The fourth-order valence-corrected chi connectivity index (χ4v) is 5.11. The number of esters is 1. The van der Waals surface area contributed by atoms with Gasteiger partial charge in [-0.1, -0.05) is 72.3 Å². The van der Waals surface area contributed by atoms with Gasteiger partial charge in [0.25, 0.3) is 0 Å². The van der Waals surface area contributed by atoms with Crippen molar-refractivity contribution < 1.29 is 9.53 Å². The molecule has 2 aliphatic heterocycles. The lowest BCUT2D eigenvalue weighted by Gasteiger charge is -2.39. The Balaban J connectivity index is 1.68. The summed E-state index contributed by atoms with van der Waals surface area (Å²) in [4.78, 5) is 18.5. The van der Waals surface area contributed by atoms with Crippen LogP contribution in [0.25, 0.3) is 0 Å². The Morgan fingerprint density at radius 3 is 2.27 bits per heavy atom. The first kappa shape index (κ1) is 21.7. The van der Waals surface area contributed by atoms with E-state index < -0.39 is 11.6 Å². The summed E-state index contributed by atoms with van der Waals surface area (Å²) in [5.74, 6) is -0.454. The lowest BCUT2D eigenvalue weighted by molar-refractivity contribution is -0.156. The van der Waals surface area contributed by atoms with Crippen LogP contribution in [0, 0.1) is 5.92 Å². The van der Waals surface area contributed by atoms with E-state index in [0.717, 1.165) is 28.1 Å². The Hall–Kier alpha value is -3.11. The number of carbonyl (C=O) groups excluding carboxylic acids is 1. The molecule has 0 spiro atoms. The predicted octanol–water partition coefficient (Wildman–Crippen LogP) is 6.42. The zero-order chi connectivity index (χ0) is 23.2. The van der Waals surface area contributed by atoms with E-state index in [-0.39, 0.29) is 23.8 Å². The summed E-state index contributed by atoms with van der Waals surface area (Å²) in [5, 5.41) is 4.43. The van der Waals surface area contributed by atoms with Gasteiger partial charge in [-0.05, 0) is 55.7 Å². The molecule has 3 aromatic rings. The van der Waals surface area contributed by atoms with Crippen molar-refractivity contribution in [3.05, 3.63) is 101 Å². The van der Waals surface area contributed by atoms with E-state index in [9.17, 15) is 4.79 Å². The second-order valence-electron chi connectivity index (χ2n) is 9.67. The van der Waals surface area contributed by atoms with Crippen LogP contribution in [-0.4, -0.2) is 23.3 Å². The summed E-state index contributed by atoms with van der Waals surface area (Å²) in [6.07, 6.45) is 0. The van der Waals surface area contributed by atoms with Gasteiger partial charge in [0.05, 0.1) is 6.04 Å². The molecule has 168 valence electrons. The Morgan fingerprint density at radius 1 is 0.909 bits per heavy atom. The third-order valence-corrected chi connectivity index (χ3v) is 6.51. The molecule has 0 bridgehead atoms. The van der Waals surface area contributed by atoms with Gasteiger partial charge in [-0.25, -0.2) is 4.79 Å². The summed E-state index contributed by atoms with van der Waals surface area (Å²) >= 11 is 6.19. The van der Waals surface area contributed by atoms with Gasteiger partial charge < -0.3 is 10.1 Å². The van der Waals surface area contributed by atoms with Crippen LogP contribution in [-0.2, 0) is 9.53 Å². The van der Waals surface area contributed by atoms with Crippen molar-refractivity contribution in [1.82, 2.24) is 0 Å². The van der Waals surface area contributed by atoms with Crippen LogP contribution < -0.4 is 5.32 Å². The average Bonchev–Trinajstić information content (AvgIpc) is 3.20.